The molecule has 0 saturated carbocycles. The van der Waals surface area contributed by atoms with Crippen molar-refractivity contribution in [2.45, 2.75) is 26.4 Å². The zero-order chi connectivity index (χ0) is 25.3. The van der Waals surface area contributed by atoms with Crippen LogP contribution in [0.25, 0.3) is 0 Å². The number of morpholine rings is 1. The molecular weight excluding hydrogens is 456 g/mol. The van der Waals surface area contributed by atoms with Crippen LogP contribution in [0.4, 0.5) is 5.69 Å². The lowest BCUT2D eigenvalue weighted by Crippen LogP contribution is -2.38. The fourth-order valence-corrected chi connectivity index (χ4v) is 4.19. The number of anilines is 1. The monoisotopic (exact) mass is 488 g/mol. The van der Waals surface area contributed by atoms with Crippen LogP contribution >= 0.6 is 0 Å². The summed E-state index contributed by atoms with van der Waals surface area (Å²) in [4.78, 5) is 40.3. The highest BCUT2D eigenvalue weighted by atomic mass is 16.5. The lowest BCUT2D eigenvalue weighted by Gasteiger charge is -2.26. The minimum absolute atomic E-state index is 0.0545. The quantitative estimate of drug-likeness (QED) is 0.483. The molecule has 1 fully saturated rings. The Morgan fingerprint density at radius 1 is 0.972 bits per heavy atom. The number of nitrogens with one attached hydrogen (secondary N) is 2. The van der Waals surface area contributed by atoms with Crippen LogP contribution in [-0.4, -0.2) is 54.1 Å². The lowest BCUT2D eigenvalue weighted by molar-refractivity contribution is -0.116. The molecule has 0 aliphatic carbocycles. The first-order valence-corrected chi connectivity index (χ1v) is 12.2. The van der Waals surface area contributed by atoms with E-state index in [1.165, 1.54) is 10.6 Å². The second-order valence-electron chi connectivity index (χ2n) is 8.98. The number of rotatable bonds is 9. The van der Waals surface area contributed by atoms with E-state index in [4.69, 9.17) is 4.74 Å². The van der Waals surface area contributed by atoms with Crippen LogP contribution < -0.4 is 16.2 Å². The van der Waals surface area contributed by atoms with Crippen LogP contribution in [0, 0.1) is 6.92 Å². The normalized spacial score (nSPS) is 13.8. The maximum atomic E-state index is 12.9. The molecule has 0 atom stereocenters. The largest absolute Gasteiger partial charge is 0.379 e. The molecule has 0 bridgehead atoms. The molecule has 1 aliphatic heterocycles. The fourth-order valence-electron chi connectivity index (χ4n) is 4.19. The topological polar surface area (TPSA) is 92.7 Å². The number of ether oxygens (including phenoxy) is 1. The van der Waals surface area contributed by atoms with Gasteiger partial charge in [0.15, 0.2) is 0 Å². The van der Waals surface area contributed by atoms with E-state index in [0.717, 1.165) is 29.8 Å². The third kappa shape index (κ3) is 7.13. The molecule has 8 heteroatoms. The maximum Gasteiger partial charge on any atom is 0.263 e. The lowest BCUT2D eigenvalue weighted by atomic mass is 10.1. The average Bonchev–Trinajstić information content (AvgIpc) is 2.88. The van der Waals surface area contributed by atoms with Crippen molar-refractivity contribution in [2.24, 2.45) is 0 Å². The molecule has 2 aromatic carbocycles. The van der Waals surface area contributed by atoms with E-state index in [-0.39, 0.29) is 23.6 Å². The van der Waals surface area contributed by atoms with Crippen LogP contribution in [0.1, 0.15) is 33.5 Å². The highest BCUT2D eigenvalue weighted by Crippen LogP contribution is 2.12. The number of amides is 2. The Hall–Kier alpha value is -3.75. The van der Waals surface area contributed by atoms with E-state index in [1.54, 1.807) is 12.3 Å². The second kappa shape index (κ2) is 12.3. The molecule has 1 aromatic heterocycles. The third-order valence-corrected chi connectivity index (χ3v) is 6.12. The number of hydrogen-bond acceptors (Lipinski definition) is 5. The van der Waals surface area contributed by atoms with Gasteiger partial charge in [0.25, 0.3) is 11.5 Å². The highest BCUT2D eigenvalue weighted by molar-refractivity contribution is 5.94. The predicted octanol–water partition coefficient (Wildman–Crippen LogP) is 2.80. The number of pyridine rings is 1. The first kappa shape index (κ1) is 25.3. The second-order valence-corrected chi connectivity index (χ2v) is 8.98. The van der Waals surface area contributed by atoms with Crippen molar-refractivity contribution in [3.8, 4) is 0 Å². The fraction of sp³-hybridized carbons (Fsp3) is 0.321. The molecule has 2 N–H and O–H groups in total. The van der Waals surface area contributed by atoms with Crippen LogP contribution in [0.3, 0.4) is 0 Å². The summed E-state index contributed by atoms with van der Waals surface area (Å²) in [6.45, 7) is 6.45. The summed E-state index contributed by atoms with van der Waals surface area (Å²) < 4.78 is 6.87. The smallest absolute Gasteiger partial charge is 0.263 e. The van der Waals surface area contributed by atoms with Gasteiger partial charge < -0.3 is 19.9 Å². The molecular formula is C28H32N4O4. The predicted molar refractivity (Wildman–Crippen MR) is 139 cm³/mol. The van der Waals surface area contributed by atoms with Gasteiger partial charge >= 0.3 is 0 Å². The number of aryl methyl sites for hydroxylation is 1. The summed E-state index contributed by atoms with van der Waals surface area (Å²) in [6.07, 6.45) is 2.09. The molecule has 0 unspecified atom stereocenters. The summed E-state index contributed by atoms with van der Waals surface area (Å²) in [5.74, 6) is -0.486. The Morgan fingerprint density at radius 3 is 2.56 bits per heavy atom. The van der Waals surface area contributed by atoms with E-state index in [2.05, 4.69) is 15.5 Å². The van der Waals surface area contributed by atoms with Crippen molar-refractivity contribution < 1.29 is 14.3 Å². The van der Waals surface area contributed by atoms with Crippen molar-refractivity contribution in [1.29, 1.82) is 0 Å². The standard InChI is InChI=1S/C28H32N4O4/c1-21-5-2-7-23(17-21)20-32-11-4-9-25(28(32)35)27(34)29-19-22-6-3-8-24(18-22)30-26(33)10-12-31-13-15-36-16-14-31/h2-9,11,17-18H,10,12-16,19-20H2,1H3,(H,29,34)(H,30,33). The number of nitrogens with zero attached hydrogens (tertiary/aromatic N) is 2. The van der Waals surface area contributed by atoms with Gasteiger partial charge in [0.1, 0.15) is 5.56 Å². The van der Waals surface area contributed by atoms with Crippen LogP contribution in [0.15, 0.2) is 71.7 Å². The van der Waals surface area contributed by atoms with E-state index in [1.807, 2.05) is 55.5 Å². The average molecular weight is 489 g/mol. The molecule has 36 heavy (non-hydrogen) atoms. The van der Waals surface area contributed by atoms with Crippen molar-refractivity contribution in [1.82, 2.24) is 14.8 Å². The number of carbonyl (C=O) groups excluding carboxylic acids is 2. The van der Waals surface area contributed by atoms with Gasteiger partial charge in [-0.1, -0.05) is 42.0 Å². The van der Waals surface area contributed by atoms with Gasteiger partial charge in [-0.25, -0.2) is 0 Å². The molecule has 8 nitrogen and oxygen atoms in total. The van der Waals surface area contributed by atoms with E-state index >= 15 is 0 Å². The zero-order valence-electron chi connectivity index (χ0n) is 20.5. The molecule has 188 valence electrons. The Balaban J connectivity index is 1.32. The summed E-state index contributed by atoms with van der Waals surface area (Å²) in [7, 11) is 0. The van der Waals surface area contributed by atoms with Gasteiger partial charge in [-0.3, -0.25) is 19.3 Å². The highest BCUT2D eigenvalue weighted by Gasteiger charge is 2.14. The van der Waals surface area contributed by atoms with E-state index in [9.17, 15) is 14.4 Å². The number of carbonyl (C=O) groups is 2. The van der Waals surface area contributed by atoms with Crippen LogP contribution in [-0.2, 0) is 22.6 Å². The maximum absolute atomic E-state index is 12.9. The molecule has 1 saturated heterocycles. The van der Waals surface area contributed by atoms with Gasteiger partial charge in [-0.05, 0) is 42.3 Å². The molecule has 3 aromatic rings. The van der Waals surface area contributed by atoms with Crippen molar-refractivity contribution >= 4 is 17.5 Å². The summed E-state index contributed by atoms with van der Waals surface area (Å²) in [6, 6.07) is 18.5. The minimum atomic E-state index is -0.432. The van der Waals surface area contributed by atoms with Gasteiger partial charge in [-0.15, -0.1) is 0 Å². The number of benzene rings is 2. The number of aromatic nitrogens is 1. The molecule has 2 heterocycles. The molecule has 1 aliphatic rings. The Morgan fingerprint density at radius 2 is 1.75 bits per heavy atom. The minimum Gasteiger partial charge on any atom is -0.379 e. The SMILES string of the molecule is Cc1cccc(Cn2cccc(C(=O)NCc3cccc(NC(=O)CCN4CCOCC4)c3)c2=O)c1. The first-order chi connectivity index (χ1) is 17.5. The molecule has 2 amide bonds. The molecule has 0 spiro atoms. The summed E-state index contributed by atoms with van der Waals surface area (Å²) in [5, 5.41) is 5.74. The van der Waals surface area contributed by atoms with Crippen LogP contribution in [0.2, 0.25) is 0 Å². The Bertz CT molecular complexity index is 1260. The van der Waals surface area contributed by atoms with Crippen molar-refractivity contribution in [3.05, 3.63) is 99.5 Å². The summed E-state index contributed by atoms with van der Waals surface area (Å²) >= 11 is 0. The Labute approximate surface area is 210 Å². The van der Waals surface area contributed by atoms with Crippen LogP contribution in [0.5, 0.6) is 0 Å². The van der Waals surface area contributed by atoms with Gasteiger partial charge in [0.05, 0.1) is 19.8 Å². The summed E-state index contributed by atoms with van der Waals surface area (Å²) in [5.41, 5.74) is 3.37. The molecule has 4 rings (SSSR count). The number of hydrogen-bond donors (Lipinski definition) is 2. The molecule has 0 radical (unpaired) electrons. The van der Waals surface area contributed by atoms with E-state index < -0.39 is 5.91 Å². The first-order valence-electron chi connectivity index (χ1n) is 12.2. The van der Waals surface area contributed by atoms with Gasteiger partial charge in [-0.2, -0.15) is 0 Å². The van der Waals surface area contributed by atoms with Crippen molar-refractivity contribution in [3.63, 3.8) is 0 Å². The van der Waals surface area contributed by atoms with Gasteiger partial charge in [0.2, 0.25) is 5.91 Å². The van der Waals surface area contributed by atoms with Gasteiger partial charge in [0, 0.05) is 44.5 Å². The third-order valence-electron chi connectivity index (χ3n) is 6.12. The van der Waals surface area contributed by atoms with E-state index in [0.29, 0.717) is 38.4 Å². The zero-order valence-corrected chi connectivity index (χ0v) is 20.5. The van der Waals surface area contributed by atoms with Crippen molar-refractivity contribution in [2.75, 3.05) is 38.2 Å². The Kier molecular flexibility index (Phi) is 8.65.